The first-order valence-corrected chi connectivity index (χ1v) is 7.76. The van der Waals surface area contributed by atoms with Crippen molar-refractivity contribution in [2.45, 2.75) is 45.1 Å². The Hall–Kier alpha value is -0.660. The number of carboxylic acid groups (broad SMARTS) is 1. The molecule has 0 spiro atoms. The second kappa shape index (κ2) is 6.49. The van der Waals surface area contributed by atoms with Crippen LogP contribution in [0.25, 0.3) is 0 Å². The fourth-order valence-electron chi connectivity index (χ4n) is 1.77. The molecule has 1 saturated carbocycles. The standard InChI is InChI=1S/C11H22N2O4S/c1-3-4-7-13(2)18(16,17)12-10(8-11(14)15)9-5-6-9/h9-10,12H,3-8H2,1-2H3,(H,14,15). The number of aliphatic carboxylic acids is 1. The molecule has 1 unspecified atom stereocenters. The summed E-state index contributed by atoms with van der Waals surface area (Å²) in [5, 5.41) is 8.79. The molecule has 0 amide bonds. The molecule has 0 radical (unpaired) electrons. The van der Waals surface area contributed by atoms with E-state index in [-0.39, 0.29) is 12.3 Å². The van der Waals surface area contributed by atoms with Crippen molar-refractivity contribution in [3.05, 3.63) is 0 Å². The lowest BCUT2D eigenvalue weighted by atomic mass is 10.1. The van der Waals surface area contributed by atoms with E-state index in [9.17, 15) is 13.2 Å². The highest BCUT2D eigenvalue weighted by atomic mass is 32.2. The number of rotatable bonds is 9. The Balaban J connectivity index is 2.58. The van der Waals surface area contributed by atoms with Crippen LogP contribution < -0.4 is 4.72 Å². The Morgan fingerprint density at radius 3 is 2.56 bits per heavy atom. The predicted molar refractivity (Wildman–Crippen MR) is 68.4 cm³/mol. The number of unbranched alkanes of at least 4 members (excludes halogenated alkanes) is 1. The molecule has 1 atom stereocenters. The van der Waals surface area contributed by atoms with Gasteiger partial charge in [0.25, 0.3) is 10.2 Å². The van der Waals surface area contributed by atoms with Crippen LogP contribution in [0.5, 0.6) is 0 Å². The van der Waals surface area contributed by atoms with Gasteiger partial charge in [0, 0.05) is 19.6 Å². The van der Waals surface area contributed by atoms with Crippen LogP contribution in [0.2, 0.25) is 0 Å². The zero-order valence-electron chi connectivity index (χ0n) is 10.9. The van der Waals surface area contributed by atoms with Crippen molar-refractivity contribution >= 4 is 16.2 Å². The van der Waals surface area contributed by atoms with Crippen molar-refractivity contribution in [3.8, 4) is 0 Å². The minimum atomic E-state index is -3.56. The molecule has 106 valence electrons. The minimum Gasteiger partial charge on any atom is -0.481 e. The van der Waals surface area contributed by atoms with Crippen molar-refractivity contribution in [2.24, 2.45) is 5.92 Å². The summed E-state index contributed by atoms with van der Waals surface area (Å²) in [5.74, 6) is -0.790. The quantitative estimate of drug-likeness (QED) is 0.653. The van der Waals surface area contributed by atoms with Gasteiger partial charge in [-0.2, -0.15) is 17.4 Å². The number of hydrogen-bond acceptors (Lipinski definition) is 3. The largest absolute Gasteiger partial charge is 0.481 e. The van der Waals surface area contributed by atoms with E-state index in [1.54, 1.807) is 0 Å². The molecule has 0 aromatic heterocycles. The fourth-order valence-corrected chi connectivity index (χ4v) is 2.98. The van der Waals surface area contributed by atoms with Gasteiger partial charge in [-0.3, -0.25) is 4.79 Å². The van der Waals surface area contributed by atoms with Crippen molar-refractivity contribution < 1.29 is 18.3 Å². The lowest BCUT2D eigenvalue weighted by molar-refractivity contribution is -0.137. The fraction of sp³-hybridized carbons (Fsp3) is 0.909. The first kappa shape index (κ1) is 15.4. The molecule has 0 bridgehead atoms. The molecule has 7 heteroatoms. The van der Waals surface area contributed by atoms with Crippen LogP contribution in [-0.4, -0.2) is 43.4 Å². The molecule has 1 rings (SSSR count). The predicted octanol–water partition coefficient (Wildman–Crippen LogP) is 0.806. The maximum absolute atomic E-state index is 12.0. The normalized spacial score (nSPS) is 17.9. The molecule has 2 N–H and O–H groups in total. The Morgan fingerprint density at radius 2 is 2.11 bits per heavy atom. The van der Waals surface area contributed by atoms with Crippen LogP contribution >= 0.6 is 0 Å². The topological polar surface area (TPSA) is 86.7 Å². The minimum absolute atomic E-state index is 0.147. The smallest absolute Gasteiger partial charge is 0.304 e. The molecule has 0 aromatic rings. The maximum Gasteiger partial charge on any atom is 0.304 e. The van der Waals surface area contributed by atoms with Crippen molar-refractivity contribution in [2.75, 3.05) is 13.6 Å². The van der Waals surface area contributed by atoms with Crippen LogP contribution in [0.3, 0.4) is 0 Å². The SMILES string of the molecule is CCCCN(C)S(=O)(=O)NC(CC(=O)O)C1CC1. The molecule has 0 saturated heterocycles. The van der Waals surface area contributed by atoms with Crippen LogP contribution in [0.1, 0.15) is 39.0 Å². The zero-order valence-corrected chi connectivity index (χ0v) is 11.7. The lowest BCUT2D eigenvalue weighted by Gasteiger charge is -2.22. The number of carboxylic acids is 1. The third-order valence-electron chi connectivity index (χ3n) is 3.12. The molecule has 1 aliphatic carbocycles. The van der Waals surface area contributed by atoms with Gasteiger partial charge in [-0.15, -0.1) is 0 Å². The zero-order chi connectivity index (χ0) is 13.8. The molecule has 6 nitrogen and oxygen atoms in total. The van der Waals surface area contributed by atoms with Gasteiger partial charge in [0.15, 0.2) is 0 Å². The highest BCUT2D eigenvalue weighted by Crippen LogP contribution is 2.34. The van der Waals surface area contributed by atoms with E-state index in [1.165, 1.54) is 11.4 Å². The number of nitrogens with one attached hydrogen (secondary N) is 1. The van der Waals surface area contributed by atoms with E-state index in [4.69, 9.17) is 5.11 Å². The summed E-state index contributed by atoms with van der Waals surface area (Å²) >= 11 is 0. The number of carbonyl (C=O) groups is 1. The van der Waals surface area contributed by atoms with Crippen LogP contribution in [0.4, 0.5) is 0 Å². The Labute approximate surface area is 109 Å². The molecule has 1 fully saturated rings. The summed E-state index contributed by atoms with van der Waals surface area (Å²) in [6.45, 7) is 2.45. The highest BCUT2D eigenvalue weighted by Gasteiger charge is 2.36. The number of hydrogen-bond donors (Lipinski definition) is 2. The third kappa shape index (κ3) is 4.91. The number of nitrogens with zero attached hydrogens (tertiary/aromatic N) is 1. The van der Waals surface area contributed by atoms with E-state index in [2.05, 4.69) is 4.72 Å². The van der Waals surface area contributed by atoms with E-state index in [0.29, 0.717) is 6.54 Å². The average Bonchev–Trinajstić information content (AvgIpc) is 3.07. The summed E-state index contributed by atoms with van der Waals surface area (Å²) in [7, 11) is -2.05. The van der Waals surface area contributed by atoms with Gasteiger partial charge < -0.3 is 5.11 Å². The summed E-state index contributed by atoms with van der Waals surface area (Å²) < 4.78 is 27.7. The highest BCUT2D eigenvalue weighted by molar-refractivity contribution is 7.87. The molecule has 18 heavy (non-hydrogen) atoms. The van der Waals surface area contributed by atoms with Crippen molar-refractivity contribution in [3.63, 3.8) is 0 Å². The van der Waals surface area contributed by atoms with Gasteiger partial charge in [0.2, 0.25) is 0 Å². The van der Waals surface area contributed by atoms with E-state index < -0.39 is 22.2 Å². The summed E-state index contributed by atoms with van der Waals surface area (Å²) in [5.41, 5.74) is 0. The third-order valence-corrected chi connectivity index (χ3v) is 4.73. The van der Waals surface area contributed by atoms with Crippen LogP contribution in [-0.2, 0) is 15.0 Å². The summed E-state index contributed by atoms with van der Waals surface area (Å²) in [6.07, 6.45) is 3.37. The van der Waals surface area contributed by atoms with Gasteiger partial charge in [-0.25, -0.2) is 0 Å². The first-order valence-electron chi connectivity index (χ1n) is 6.32. The van der Waals surface area contributed by atoms with E-state index in [0.717, 1.165) is 25.7 Å². The van der Waals surface area contributed by atoms with Gasteiger partial charge in [0.1, 0.15) is 0 Å². The van der Waals surface area contributed by atoms with Gasteiger partial charge >= 0.3 is 5.97 Å². The Morgan fingerprint density at radius 1 is 1.50 bits per heavy atom. The van der Waals surface area contributed by atoms with Gasteiger partial charge in [-0.1, -0.05) is 13.3 Å². The summed E-state index contributed by atoms with van der Waals surface area (Å²) in [4.78, 5) is 10.7. The first-order chi connectivity index (χ1) is 8.36. The van der Waals surface area contributed by atoms with Crippen molar-refractivity contribution in [1.29, 1.82) is 0 Å². The summed E-state index contributed by atoms with van der Waals surface area (Å²) in [6, 6.07) is -0.475. The molecule has 1 aliphatic rings. The Kier molecular flexibility index (Phi) is 5.55. The monoisotopic (exact) mass is 278 g/mol. The van der Waals surface area contributed by atoms with Gasteiger partial charge in [0.05, 0.1) is 6.42 Å². The Bertz CT molecular complexity index is 379. The van der Waals surface area contributed by atoms with Crippen LogP contribution in [0, 0.1) is 5.92 Å². The van der Waals surface area contributed by atoms with Gasteiger partial charge in [-0.05, 0) is 25.2 Å². The molecule has 0 aromatic carbocycles. The second-order valence-corrected chi connectivity index (χ2v) is 6.65. The van der Waals surface area contributed by atoms with Crippen LogP contribution in [0.15, 0.2) is 0 Å². The molecule has 0 heterocycles. The molecule has 0 aliphatic heterocycles. The van der Waals surface area contributed by atoms with Crippen molar-refractivity contribution in [1.82, 2.24) is 9.03 Å². The maximum atomic E-state index is 12.0. The molecular weight excluding hydrogens is 256 g/mol. The second-order valence-electron chi connectivity index (χ2n) is 4.84. The van der Waals surface area contributed by atoms with E-state index >= 15 is 0 Å². The average molecular weight is 278 g/mol. The molecular formula is C11H22N2O4S. The van der Waals surface area contributed by atoms with E-state index in [1.807, 2.05) is 6.92 Å². The lowest BCUT2D eigenvalue weighted by Crippen LogP contribution is -2.45.